The summed E-state index contributed by atoms with van der Waals surface area (Å²) in [5.41, 5.74) is 2.89. The molecule has 3 heteroatoms. The third-order valence-corrected chi connectivity index (χ3v) is 3.25. The first-order valence-electron chi connectivity index (χ1n) is 6.25. The van der Waals surface area contributed by atoms with Gasteiger partial charge in [-0.1, -0.05) is 41.9 Å². The van der Waals surface area contributed by atoms with E-state index in [0.717, 1.165) is 28.1 Å². The topological polar surface area (TPSA) is 29.1 Å². The molecule has 0 heterocycles. The standard InChI is InChI=1S/C16H16ClNO/c1-12-4-2-3-5-15(12)16(19)18-11-10-13-6-8-14(17)9-7-13/h2-9H,10-11H2,1H3,(H,18,19). The van der Waals surface area contributed by atoms with Crippen LogP contribution in [0, 0.1) is 6.92 Å². The van der Waals surface area contributed by atoms with Crippen molar-refractivity contribution in [1.29, 1.82) is 0 Å². The SMILES string of the molecule is Cc1ccccc1C(=O)NCCc1ccc(Cl)cc1. The molecule has 1 amide bonds. The fourth-order valence-corrected chi connectivity index (χ4v) is 2.02. The van der Waals surface area contributed by atoms with Gasteiger partial charge in [-0.25, -0.2) is 0 Å². The van der Waals surface area contributed by atoms with Gasteiger partial charge in [-0.15, -0.1) is 0 Å². The number of halogens is 1. The average Bonchev–Trinajstić information content (AvgIpc) is 2.41. The van der Waals surface area contributed by atoms with E-state index in [1.807, 2.05) is 55.5 Å². The van der Waals surface area contributed by atoms with Crippen molar-refractivity contribution in [3.05, 3.63) is 70.2 Å². The van der Waals surface area contributed by atoms with Gasteiger partial charge >= 0.3 is 0 Å². The van der Waals surface area contributed by atoms with Crippen LogP contribution in [0.3, 0.4) is 0 Å². The van der Waals surface area contributed by atoms with E-state index in [1.165, 1.54) is 0 Å². The summed E-state index contributed by atoms with van der Waals surface area (Å²) in [6.07, 6.45) is 0.800. The van der Waals surface area contributed by atoms with Crippen LogP contribution in [0.5, 0.6) is 0 Å². The second-order valence-corrected chi connectivity index (χ2v) is 4.88. The zero-order chi connectivity index (χ0) is 13.7. The number of carbonyl (C=O) groups is 1. The smallest absolute Gasteiger partial charge is 0.251 e. The van der Waals surface area contributed by atoms with Gasteiger partial charge in [0.2, 0.25) is 0 Å². The van der Waals surface area contributed by atoms with Gasteiger partial charge < -0.3 is 5.32 Å². The fraction of sp³-hybridized carbons (Fsp3) is 0.188. The molecule has 2 aromatic carbocycles. The number of hydrogen-bond donors (Lipinski definition) is 1. The molecule has 0 fully saturated rings. The quantitative estimate of drug-likeness (QED) is 0.906. The Labute approximate surface area is 118 Å². The van der Waals surface area contributed by atoms with Crippen LogP contribution >= 0.6 is 11.6 Å². The summed E-state index contributed by atoms with van der Waals surface area (Å²) in [4.78, 5) is 12.0. The van der Waals surface area contributed by atoms with Gasteiger partial charge in [-0.05, 0) is 42.7 Å². The third kappa shape index (κ3) is 3.83. The molecule has 0 radical (unpaired) electrons. The Kier molecular flexibility index (Phi) is 4.58. The summed E-state index contributed by atoms with van der Waals surface area (Å²) >= 11 is 5.82. The van der Waals surface area contributed by atoms with Crippen molar-refractivity contribution in [2.45, 2.75) is 13.3 Å². The van der Waals surface area contributed by atoms with Crippen LogP contribution in [-0.2, 0) is 6.42 Å². The summed E-state index contributed by atoms with van der Waals surface area (Å²) in [5, 5.41) is 3.66. The maximum atomic E-state index is 12.0. The zero-order valence-corrected chi connectivity index (χ0v) is 11.6. The predicted molar refractivity (Wildman–Crippen MR) is 78.7 cm³/mol. The van der Waals surface area contributed by atoms with Crippen molar-refractivity contribution >= 4 is 17.5 Å². The summed E-state index contributed by atoms with van der Waals surface area (Å²) in [6, 6.07) is 15.3. The Morgan fingerprint density at radius 1 is 1.11 bits per heavy atom. The molecule has 2 aromatic rings. The second kappa shape index (κ2) is 6.39. The third-order valence-electron chi connectivity index (χ3n) is 3.00. The van der Waals surface area contributed by atoms with Crippen molar-refractivity contribution in [2.75, 3.05) is 6.54 Å². The molecule has 2 rings (SSSR count). The molecule has 0 aliphatic carbocycles. The normalized spacial score (nSPS) is 10.2. The monoisotopic (exact) mass is 273 g/mol. The van der Waals surface area contributed by atoms with E-state index in [-0.39, 0.29) is 5.91 Å². The van der Waals surface area contributed by atoms with Gasteiger partial charge in [-0.3, -0.25) is 4.79 Å². The Hall–Kier alpha value is -1.80. The van der Waals surface area contributed by atoms with Crippen LogP contribution in [-0.4, -0.2) is 12.5 Å². The van der Waals surface area contributed by atoms with E-state index in [9.17, 15) is 4.79 Å². The summed E-state index contributed by atoms with van der Waals surface area (Å²) < 4.78 is 0. The molecular weight excluding hydrogens is 258 g/mol. The van der Waals surface area contributed by atoms with Crippen LogP contribution in [0.1, 0.15) is 21.5 Å². The summed E-state index contributed by atoms with van der Waals surface area (Å²) in [5.74, 6) is -0.0212. The number of carbonyl (C=O) groups excluding carboxylic acids is 1. The van der Waals surface area contributed by atoms with Crippen molar-refractivity contribution in [3.8, 4) is 0 Å². The van der Waals surface area contributed by atoms with E-state index in [0.29, 0.717) is 6.54 Å². The molecule has 2 nitrogen and oxygen atoms in total. The molecule has 0 aliphatic heterocycles. The number of aryl methyl sites for hydroxylation is 1. The Bertz CT molecular complexity index is 563. The van der Waals surface area contributed by atoms with E-state index in [1.54, 1.807) is 0 Å². The molecule has 0 spiro atoms. The average molecular weight is 274 g/mol. The molecule has 1 N–H and O–H groups in total. The molecule has 19 heavy (non-hydrogen) atoms. The van der Waals surface area contributed by atoms with Gasteiger partial charge in [-0.2, -0.15) is 0 Å². The van der Waals surface area contributed by atoms with Gasteiger partial charge in [0.1, 0.15) is 0 Å². The van der Waals surface area contributed by atoms with Crippen LogP contribution in [0.15, 0.2) is 48.5 Å². The summed E-state index contributed by atoms with van der Waals surface area (Å²) in [7, 11) is 0. The maximum Gasteiger partial charge on any atom is 0.251 e. The minimum Gasteiger partial charge on any atom is -0.352 e. The van der Waals surface area contributed by atoms with Crippen LogP contribution in [0.4, 0.5) is 0 Å². The number of hydrogen-bond acceptors (Lipinski definition) is 1. The molecule has 0 atom stereocenters. The van der Waals surface area contributed by atoms with E-state index < -0.39 is 0 Å². The minimum atomic E-state index is -0.0212. The first kappa shape index (κ1) is 13.6. The largest absolute Gasteiger partial charge is 0.352 e. The lowest BCUT2D eigenvalue weighted by molar-refractivity contribution is 0.0953. The Morgan fingerprint density at radius 3 is 2.47 bits per heavy atom. The van der Waals surface area contributed by atoms with Crippen molar-refractivity contribution in [3.63, 3.8) is 0 Å². The Balaban J connectivity index is 1.88. The molecule has 0 unspecified atom stereocenters. The highest BCUT2D eigenvalue weighted by Gasteiger charge is 2.06. The van der Waals surface area contributed by atoms with Crippen molar-refractivity contribution < 1.29 is 4.79 Å². The minimum absolute atomic E-state index is 0.0212. The van der Waals surface area contributed by atoms with E-state index in [2.05, 4.69) is 5.32 Å². The van der Waals surface area contributed by atoms with E-state index in [4.69, 9.17) is 11.6 Å². The lowest BCUT2D eigenvalue weighted by Crippen LogP contribution is -2.26. The fourth-order valence-electron chi connectivity index (χ4n) is 1.89. The van der Waals surface area contributed by atoms with Crippen LogP contribution < -0.4 is 5.32 Å². The molecule has 0 bridgehead atoms. The number of benzene rings is 2. The van der Waals surface area contributed by atoms with Crippen molar-refractivity contribution in [2.24, 2.45) is 0 Å². The Morgan fingerprint density at radius 2 is 1.79 bits per heavy atom. The van der Waals surface area contributed by atoms with E-state index >= 15 is 0 Å². The van der Waals surface area contributed by atoms with Gasteiger partial charge in [0.05, 0.1) is 0 Å². The highest BCUT2D eigenvalue weighted by molar-refractivity contribution is 6.30. The highest BCUT2D eigenvalue weighted by Crippen LogP contribution is 2.10. The molecule has 0 aromatic heterocycles. The molecular formula is C16H16ClNO. The first-order chi connectivity index (χ1) is 9.16. The van der Waals surface area contributed by atoms with Crippen molar-refractivity contribution in [1.82, 2.24) is 5.32 Å². The molecule has 0 saturated heterocycles. The first-order valence-corrected chi connectivity index (χ1v) is 6.63. The number of amides is 1. The van der Waals surface area contributed by atoms with Gasteiger partial charge in [0.25, 0.3) is 5.91 Å². The molecule has 0 aliphatic rings. The maximum absolute atomic E-state index is 12.0. The zero-order valence-electron chi connectivity index (χ0n) is 10.8. The summed E-state index contributed by atoms with van der Waals surface area (Å²) in [6.45, 7) is 2.56. The van der Waals surface area contributed by atoms with Gasteiger partial charge in [0, 0.05) is 17.1 Å². The second-order valence-electron chi connectivity index (χ2n) is 4.45. The number of nitrogens with one attached hydrogen (secondary N) is 1. The highest BCUT2D eigenvalue weighted by atomic mass is 35.5. The molecule has 98 valence electrons. The lowest BCUT2D eigenvalue weighted by atomic mass is 10.1. The number of rotatable bonds is 4. The van der Waals surface area contributed by atoms with Crippen LogP contribution in [0.25, 0.3) is 0 Å². The van der Waals surface area contributed by atoms with Gasteiger partial charge in [0.15, 0.2) is 0 Å². The molecule has 0 saturated carbocycles. The lowest BCUT2D eigenvalue weighted by Gasteiger charge is -2.07. The predicted octanol–water partition coefficient (Wildman–Crippen LogP) is 3.62. The van der Waals surface area contributed by atoms with Crippen LogP contribution in [0.2, 0.25) is 5.02 Å².